The number of benzene rings is 1. The summed E-state index contributed by atoms with van der Waals surface area (Å²) in [5, 5.41) is 11.5. The van der Waals surface area contributed by atoms with Gasteiger partial charge in [-0.1, -0.05) is 18.2 Å². The summed E-state index contributed by atoms with van der Waals surface area (Å²) in [5.41, 5.74) is -0.140. The minimum Gasteiger partial charge on any atom is -0.493 e. The highest BCUT2D eigenvalue weighted by atomic mass is 16.5. The van der Waals surface area contributed by atoms with Crippen LogP contribution in [0, 0.1) is 0 Å². The zero-order valence-electron chi connectivity index (χ0n) is 12.6. The molecule has 6 heteroatoms. The number of carbonyl (C=O) groups excluding carboxylic acids is 1. The summed E-state index contributed by atoms with van der Waals surface area (Å²) >= 11 is 0. The lowest BCUT2D eigenvalue weighted by Gasteiger charge is -2.14. The highest BCUT2D eigenvalue weighted by molar-refractivity contribution is 5.90. The van der Waals surface area contributed by atoms with Crippen LogP contribution in [0.1, 0.15) is 25.3 Å². The van der Waals surface area contributed by atoms with Crippen molar-refractivity contribution in [2.24, 2.45) is 0 Å². The molecular formula is C16H19NO5. The van der Waals surface area contributed by atoms with E-state index in [0.29, 0.717) is 24.3 Å². The molecule has 1 saturated carbocycles. The lowest BCUT2D eigenvalue weighted by Crippen LogP contribution is -2.45. The molecule has 118 valence electrons. The molecule has 0 saturated heterocycles. The third kappa shape index (κ3) is 3.58. The van der Waals surface area contributed by atoms with Gasteiger partial charge in [-0.25, -0.2) is 4.79 Å². The van der Waals surface area contributed by atoms with E-state index in [-0.39, 0.29) is 6.61 Å². The molecule has 1 aromatic carbocycles. The fourth-order valence-corrected chi connectivity index (χ4v) is 2.06. The van der Waals surface area contributed by atoms with Crippen LogP contribution in [-0.4, -0.2) is 36.2 Å². The molecule has 2 N–H and O–H groups in total. The van der Waals surface area contributed by atoms with Crippen molar-refractivity contribution in [3.05, 3.63) is 29.8 Å². The highest BCUT2D eigenvalue weighted by Gasteiger charge is 2.51. The summed E-state index contributed by atoms with van der Waals surface area (Å²) in [4.78, 5) is 22.8. The van der Waals surface area contributed by atoms with Gasteiger partial charge in [0, 0.05) is 0 Å². The lowest BCUT2D eigenvalue weighted by molar-refractivity contribution is -0.143. The number of hydrogen-bond donors (Lipinski definition) is 2. The Balaban J connectivity index is 1.96. The van der Waals surface area contributed by atoms with Gasteiger partial charge < -0.3 is 19.9 Å². The maximum Gasteiger partial charge on any atom is 0.329 e. The van der Waals surface area contributed by atoms with Gasteiger partial charge in [-0.3, -0.25) is 4.79 Å². The smallest absolute Gasteiger partial charge is 0.329 e. The minimum atomic E-state index is -1.10. The van der Waals surface area contributed by atoms with Crippen molar-refractivity contribution in [1.82, 2.24) is 5.32 Å². The molecule has 0 bridgehead atoms. The number of aliphatic carboxylic acids is 1. The number of carboxylic acid groups (broad SMARTS) is 1. The number of ether oxygens (including phenoxy) is 2. The van der Waals surface area contributed by atoms with Crippen LogP contribution in [0.25, 0.3) is 6.08 Å². The number of carbonyl (C=O) groups is 2. The number of amides is 1. The van der Waals surface area contributed by atoms with Gasteiger partial charge >= 0.3 is 5.97 Å². The van der Waals surface area contributed by atoms with Crippen molar-refractivity contribution in [1.29, 1.82) is 0 Å². The van der Waals surface area contributed by atoms with Gasteiger partial charge in [-0.05, 0) is 37.5 Å². The molecule has 1 aliphatic carbocycles. The topological polar surface area (TPSA) is 84.9 Å². The van der Waals surface area contributed by atoms with E-state index in [4.69, 9.17) is 14.6 Å². The van der Waals surface area contributed by atoms with Crippen LogP contribution in [0.3, 0.4) is 0 Å². The van der Waals surface area contributed by atoms with E-state index in [9.17, 15) is 9.59 Å². The molecule has 0 spiro atoms. The van der Waals surface area contributed by atoms with Crippen LogP contribution in [0.5, 0.6) is 11.5 Å². The molecule has 2 rings (SSSR count). The standard InChI is InChI=1S/C16H19NO5/c1-3-4-11-5-6-12(13(9-11)21-2)22-10-14(18)17-16(7-8-16)15(19)20/h3-6,9H,7-8,10H2,1-2H3,(H,17,18)(H,19,20)/b4-3+. The van der Waals surface area contributed by atoms with Gasteiger partial charge in [-0.15, -0.1) is 0 Å². The first-order chi connectivity index (χ1) is 10.5. The van der Waals surface area contributed by atoms with Crippen LogP contribution in [0.15, 0.2) is 24.3 Å². The van der Waals surface area contributed by atoms with Gasteiger partial charge in [0.15, 0.2) is 18.1 Å². The lowest BCUT2D eigenvalue weighted by atomic mass is 10.2. The summed E-state index contributed by atoms with van der Waals surface area (Å²) in [6.45, 7) is 1.66. The zero-order valence-corrected chi connectivity index (χ0v) is 12.6. The van der Waals surface area contributed by atoms with Crippen LogP contribution in [-0.2, 0) is 9.59 Å². The van der Waals surface area contributed by atoms with Gasteiger partial charge in [0.2, 0.25) is 0 Å². The largest absolute Gasteiger partial charge is 0.493 e. The molecule has 1 fully saturated rings. The first kappa shape index (κ1) is 15.9. The highest BCUT2D eigenvalue weighted by Crippen LogP contribution is 2.35. The fraction of sp³-hybridized carbons (Fsp3) is 0.375. The Hall–Kier alpha value is -2.50. The Morgan fingerprint density at radius 1 is 1.36 bits per heavy atom. The molecule has 0 heterocycles. The SMILES string of the molecule is C/C=C/c1ccc(OCC(=O)NC2(C(=O)O)CC2)c(OC)c1. The van der Waals surface area contributed by atoms with E-state index in [2.05, 4.69) is 5.32 Å². The molecule has 0 unspecified atom stereocenters. The molecule has 0 atom stereocenters. The minimum absolute atomic E-state index is 0.256. The normalized spacial score (nSPS) is 15.4. The number of nitrogens with one attached hydrogen (secondary N) is 1. The number of allylic oxidation sites excluding steroid dienone is 1. The van der Waals surface area contributed by atoms with Gasteiger partial charge in [0.25, 0.3) is 5.91 Å². The van der Waals surface area contributed by atoms with E-state index >= 15 is 0 Å². The molecule has 0 aromatic heterocycles. The Bertz CT molecular complexity index is 605. The van der Waals surface area contributed by atoms with Crippen molar-refractivity contribution in [2.45, 2.75) is 25.3 Å². The summed E-state index contributed by atoms with van der Waals surface area (Å²) in [6, 6.07) is 5.35. The van der Waals surface area contributed by atoms with Crippen LogP contribution < -0.4 is 14.8 Å². The third-order valence-corrected chi connectivity index (χ3v) is 3.44. The fourth-order valence-electron chi connectivity index (χ4n) is 2.06. The van der Waals surface area contributed by atoms with Crippen LogP contribution in [0.2, 0.25) is 0 Å². The first-order valence-corrected chi connectivity index (χ1v) is 6.99. The predicted octanol–water partition coefficient (Wildman–Crippen LogP) is 1.84. The van der Waals surface area contributed by atoms with E-state index < -0.39 is 17.4 Å². The summed E-state index contributed by atoms with van der Waals surface area (Å²) < 4.78 is 10.7. The quantitative estimate of drug-likeness (QED) is 0.803. The molecule has 6 nitrogen and oxygen atoms in total. The first-order valence-electron chi connectivity index (χ1n) is 6.99. The predicted molar refractivity (Wildman–Crippen MR) is 80.9 cm³/mol. The molecule has 1 aromatic rings. The van der Waals surface area contributed by atoms with E-state index in [1.54, 1.807) is 12.1 Å². The summed E-state index contributed by atoms with van der Waals surface area (Å²) in [7, 11) is 1.52. The maximum atomic E-state index is 11.8. The number of hydrogen-bond acceptors (Lipinski definition) is 4. The Kier molecular flexibility index (Phi) is 4.70. The van der Waals surface area contributed by atoms with Crippen LogP contribution >= 0.6 is 0 Å². The Morgan fingerprint density at radius 3 is 2.64 bits per heavy atom. The number of carboxylic acids is 1. The number of rotatable bonds is 7. The molecule has 0 aliphatic heterocycles. The molecule has 22 heavy (non-hydrogen) atoms. The van der Waals surface area contributed by atoms with Crippen molar-refractivity contribution in [2.75, 3.05) is 13.7 Å². The van der Waals surface area contributed by atoms with E-state index in [0.717, 1.165) is 5.56 Å². The van der Waals surface area contributed by atoms with E-state index in [1.165, 1.54) is 7.11 Å². The third-order valence-electron chi connectivity index (χ3n) is 3.44. The average molecular weight is 305 g/mol. The second-order valence-corrected chi connectivity index (χ2v) is 5.13. The van der Waals surface area contributed by atoms with Gasteiger partial charge in [0.1, 0.15) is 5.54 Å². The van der Waals surface area contributed by atoms with Crippen LogP contribution in [0.4, 0.5) is 0 Å². The summed E-state index contributed by atoms with van der Waals surface area (Å²) in [6.07, 6.45) is 4.73. The molecule has 0 radical (unpaired) electrons. The van der Waals surface area contributed by atoms with Gasteiger partial charge in [0.05, 0.1) is 7.11 Å². The number of methoxy groups -OCH3 is 1. The summed E-state index contributed by atoms with van der Waals surface area (Å²) in [5.74, 6) is -0.512. The zero-order chi connectivity index (χ0) is 16.2. The van der Waals surface area contributed by atoms with Gasteiger partial charge in [-0.2, -0.15) is 0 Å². The van der Waals surface area contributed by atoms with Crippen molar-refractivity contribution >= 4 is 18.0 Å². The molecular weight excluding hydrogens is 286 g/mol. The average Bonchev–Trinajstić information content (AvgIpc) is 3.27. The Labute approximate surface area is 128 Å². The maximum absolute atomic E-state index is 11.8. The molecule has 1 aliphatic rings. The van der Waals surface area contributed by atoms with Crippen molar-refractivity contribution in [3.8, 4) is 11.5 Å². The second kappa shape index (κ2) is 6.51. The van der Waals surface area contributed by atoms with Crippen molar-refractivity contribution < 1.29 is 24.2 Å². The molecule has 1 amide bonds. The Morgan fingerprint density at radius 2 is 2.09 bits per heavy atom. The van der Waals surface area contributed by atoms with E-state index in [1.807, 2.05) is 25.1 Å². The monoisotopic (exact) mass is 305 g/mol. The van der Waals surface area contributed by atoms with Crippen molar-refractivity contribution in [3.63, 3.8) is 0 Å². The second-order valence-electron chi connectivity index (χ2n) is 5.13.